The zero-order valence-corrected chi connectivity index (χ0v) is 21.6. The van der Waals surface area contributed by atoms with Gasteiger partial charge in [0.1, 0.15) is 16.7 Å². The first-order valence-electron chi connectivity index (χ1n) is 11.2. The van der Waals surface area contributed by atoms with Gasteiger partial charge < -0.3 is 16.4 Å². The highest BCUT2D eigenvalue weighted by atomic mass is 79.9. The highest BCUT2D eigenvalue weighted by molar-refractivity contribution is 9.10. The molecule has 0 saturated heterocycles. The number of amides is 1. The third-order valence-electron chi connectivity index (χ3n) is 5.70. The Bertz CT molecular complexity index is 1530. The normalized spacial score (nSPS) is 15.0. The Labute approximate surface area is 223 Å². The summed E-state index contributed by atoms with van der Waals surface area (Å²) in [6.45, 7) is 0.556. The van der Waals surface area contributed by atoms with E-state index < -0.39 is 17.5 Å². The zero-order valence-electron chi connectivity index (χ0n) is 19.2. The lowest BCUT2D eigenvalue weighted by atomic mass is 10.1. The smallest absolute Gasteiger partial charge is 0.274 e. The number of aromatic nitrogens is 4. The summed E-state index contributed by atoms with van der Waals surface area (Å²) < 4.78 is 27.0. The van der Waals surface area contributed by atoms with Gasteiger partial charge in [0.15, 0.2) is 23.1 Å². The standard InChI is InChI=1S/C25H20BrF2N7OS/c26-21-11-31-24(22(35-21)25(36)32-9-13-1-4-17(27)18(28)7-13)30-10-15-3-6-20(37-15)14-2-5-19-16(8-14)23(29)34-12-33-19/h1-2,4-8,11-12,15H,3,9-10H2,(H,30,31)(H,32,36)(H2,29,33,34). The van der Waals surface area contributed by atoms with Gasteiger partial charge in [-0.1, -0.05) is 18.2 Å². The molecular formula is C25H20BrF2N7OS. The van der Waals surface area contributed by atoms with E-state index in [1.165, 1.54) is 18.6 Å². The molecule has 0 radical (unpaired) electrons. The third-order valence-corrected chi connectivity index (χ3v) is 7.43. The van der Waals surface area contributed by atoms with Gasteiger partial charge in [-0.2, -0.15) is 0 Å². The SMILES string of the molecule is Nc1ncnc2ccc(C3=CCC(CNc4ncc(Br)nc4C(=O)NCc4ccc(F)c(F)c4)S3)cc12. The van der Waals surface area contributed by atoms with Crippen molar-refractivity contribution in [1.29, 1.82) is 0 Å². The van der Waals surface area contributed by atoms with Crippen LogP contribution in [0.25, 0.3) is 15.8 Å². The van der Waals surface area contributed by atoms with E-state index in [0.29, 0.717) is 28.3 Å². The van der Waals surface area contributed by atoms with E-state index >= 15 is 0 Å². The van der Waals surface area contributed by atoms with Gasteiger partial charge in [-0.25, -0.2) is 28.7 Å². The van der Waals surface area contributed by atoms with Crippen LogP contribution >= 0.6 is 27.7 Å². The van der Waals surface area contributed by atoms with Crippen LogP contribution in [0.5, 0.6) is 0 Å². The molecule has 0 bridgehead atoms. The topological polar surface area (TPSA) is 119 Å². The van der Waals surface area contributed by atoms with Crippen LogP contribution in [0.3, 0.4) is 0 Å². The molecule has 2 aromatic heterocycles. The molecule has 4 N–H and O–H groups in total. The number of thioether (sulfide) groups is 1. The number of anilines is 2. The molecule has 1 aliphatic rings. The molecule has 1 unspecified atom stereocenters. The molecule has 37 heavy (non-hydrogen) atoms. The predicted molar refractivity (Wildman–Crippen MR) is 144 cm³/mol. The molecule has 12 heteroatoms. The number of nitrogens with one attached hydrogen (secondary N) is 2. The first kappa shape index (κ1) is 25.0. The Morgan fingerprint density at radius 2 is 2.00 bits per heavy atom. The van der Waals surface area contributed by atoms with Crippen LogP contribution in [0.4, 0.5) is 20.4 Å². The van der Waals surface area contributed by atoms with E-state index in [0.717, 1.165) is 39.9 Å². The minimum absolute atomic E-state index is 0.0107. The number of rotatable bonds is 7. The Hall–Kier alpha value is -3.64. The first-order valence-corrected chi connectivity index (χ1v) is 12.9. The highest BCUT2D eigenvalue weighted by Gasteiger charge is 2.22. The lowest BCUT2D eigenvalue weighted by molar-refractivity contribution is 0.0946. The summed E-state index contributed by atoms with van der Waals surface area (Å²) in [5.41, 5.74) is 8.37. The maximum Gasteiger partial charge on any atom is 0.274 e. The van der Waals surface area contributed by atoms with Crippen molar-refractivity contribution < 1.29 is 13.6 Å². The lowest BCUT2D eigenvalue weighted by Crippen LogP contribution is -2.26. The summed E-state index contributed by atoms with van der Waals surface area (Å²) in [6, 6.07) is 9.40. The molecule has 1 atom stereocenters. The van der Waals surface area contributed by atoms with E-state index in [9.17, 15) is 13.6 Å². The minimum atomic E-state index is -0.973. The molecule has 0 fully saturated rings. The van der Waals surface area contributed by atoms with Gasteiger partial charge in [0.05, 0.1) is 11.7 Å². The number of carbonyl (C=O) groups excluding carboxylic acids is 1. The van der Waals surface area contributed by atoms with E-state index in [-0.39, 0.29) is 17.5 Å². The fourth-order valence-electron chi connectivity index (χ4n) is 3.84. The van der Waals surface area contributed by atoms with Gasteiger partial charge in [0.25, 0.3) is 5.91 Å². The summed E-state index contributed by atoms with van der Waals surface area (Å²) in [5, 5.41) is 6.93. The second kappa shape index (κ2) is 10.8. The van der Waals surface area contributed by atoms with E-state index in [1.807, 2.05) is 18.2 Å². The molecule has 0 saturated carbocycles. The largest absolute Gasteiger partial charge is 0.383 e. The number of nitrogen functional groups attached to an aromatic ring is 1. The number of carbonyl (C=O) groups is 1. The average molecular weight is 584 g/mol. The van der Waals surface area contributed by atoms with Gasteiger partial charge in [0.2, 0.25) is 0 Å². The van der Waals surface area contributed by atoms with Crippen LogP contribution in [0, 0.1) is 11.6 Å². The molecule has 0 aliphatic carbocycles. The monoisotopic (exact) mass is 583 g/mol. The maximum atomic E-state index is 13.5. The number of hydrogen-bond donors (Lipinski definition) is 3. The van der Waals surface area contributed by atoms with Crippen LogP contribution in [0.1, 0.15) is 28.0 Å². The molecular weight excluding hydrogens is 564 g/mol. The van der Waals surface area contributed by atoms with Crippen LogP contribution in [0.2, 0.25) is 0 Å². The molecule has 5 rings (SSSR count). The van der Waals surface area contributed by atoms with Gasteiger partial charge in [-0.15, -0.1) is 11.8 Å². The van der Waals surface area contributed by atoms with Crippen LogP contribution in [-0.4, -0.2) is 37.6 Å². The third kappa shape index (κ3) is 5.70. The fraction of sp³-hybridized carbons (Fsp3) is 0.160. The van der Waals surface area contributed by atoms with Crippen molar-refractivity contribution >= 4 is 61.0 Å². The molecule has 2 aromatic carbocycles. The van der Waals surface area contributed by atoms with Crippen molar-refractivity contribution in [3.05, 3.63) is 88.1 Å². The Morgan fingerprint density at radius 1 is 1.14 bits per heavy atom. The van der Waals surface area contributed by atoms with Gasteiger partial charge >= 0.3 is 0 Å². The number of fused-ring (bicyclic) bond motifs is 1. The molecule has 8 nitrogen and oxygen atoms in total. The summed E-state index contributed by atoms with van der Waals surface area (Å²) >= 11 is 4.97. The highest BCUT2D eigenvalue weighted by Crippen LogP contribution is 2.40. The summed E-state index contributed by atoms with van der Waals surface area (Å²) in [5.74, 6) is -1.64. The van der Waals surface area contributed by atoms with Crippen molar-refractivity contribution in [3.8, 4) is 0 Å². The molecule has 0 spiro atoms. The number of nitrogens with zero attached hydrogens (tertiary/aromatic N) is 4. The average Bonchev–Trinajstić information content (AvgIpc) is 3.37. The Morgan fingerprint density at radius 3 is 2.84 bits per heavy atom. The van der Waals surface area contributed by atoms with Gasteiger partial charge in [-0.3, -0.25) is 4.79 Å². The van der Waals surface area contributed by atoms with Crippen molar-refractivity contribution in [1.82, 2.24) is 25.3 Å². The quantitative estimate of drug-likeness (QED) is 0.280. The van der Waals surface area contributed by atoms with Crippen LogP contribution < -0.4 is 16.4 Å². The number of halogens is 3. The Kier molecular flexibility index (Phi) is 7.28. The molecule has 188 valence electrons. The summed E-state index contributed by atoms with van der Waals surface area (Å²) in [4.78, 5) is 30.9. The molecule has 1 aliphatic heterocycles. The van der Waals surface area contributed by atoms with Crippen molar-refractivity contribution in [2.75, 3.05) is 17.6 Å². The van der Waals surface area contributed by atoms with Crippen molar-refractivity contribution in [3.63, 3.8) is 0 Å². The van der Waals surface area contributed by atoms with E-state index in [2.05, 4.69) is 52.6 Å². The fourth-order valence-corrected chi connectivity index (χ4v) is 5.29. The van der Waals surface area contributed by atoms with E-state index in [4.69, 9.17) is 5.73 Å². The number of hydrogen-bond acceptors (Lipinski definition) is 8. The lowest BCUT2D eigenvalue weighted by Gasteiger charge is -2.15. The van der Waals surface area contributed by atoms with Crippen molar-refractivity contribution in [2.45, 2.75) is 18.2 Å². The molecule has 3 heterocycles. The number of benzene rings is 2. The summed E-state index contributed by atoms with van der Waals surface area (Å²) in [7, 11) is 0. The Balaban J connectivity index is 1.22. The number of allylic oxidation sites excluding steroid dienone is 1. The second-order valence-corrected chi connectivity index (χ2v) is 10.4. The first-order chi connectivity index (χ1) is 17.9. The van der Waals surface area contributed by atoms with Crippen molar-refractivity contribution in [2.24, 2.45) is 0 Å². The van der Waals surface area contributed by atoms with Gasteiger partial charge in [0, 0.05) is 28.6 Å². The minimum Gasteiger partial charge on any atom is -0.383 e. The zero-order chi connectivity index (χ0) is 25.9. The summed E-state index contributed by atoms with van der Waals surface area (Å²) in [6.07, 6.45) is 5.94. The predicted octanol–water partition coefficient (Wildman–Crippen LogP) is 4.93. The van der Waals surface area contributed by atoms with E-state index in [1.54, 1.807) is 11.8 Å². The molecule has 1 amide bonds. The van der Waals surface area contributed by atoms with Crippen LogP contribution in [0.15, 0.2) is 59.6 Å². The molecule has 4 aromatic rings. The number of nitrogens with two attached hydrogens (primary N) is 1. The van der Waals surface area contributed by atoms with Gasteiger partial charge in [-0.05, 0) is 57.7 Å². The second-order valence-electron chi connectivity index (χ2n) is 8.24. The van der Waals surface area contributed by atoms with Crippen LogP contribution in [-0.2, 0) is 6.54 Å². The maximum absolute atomic E-state index is 13.5.